The van der Waals surface area contributed by atoms with E-state index in [-0.39, 0.29) is 23.9 Å². The van der Waals surface area contributed by atoms with Gasteiger partial charge in [0.05, 0.1) is 5.52 Å². The third-order valence-electron chi connectivity index (χ3n) is 7.18. The molecule has 5 rings (SSSR count). The number of carbonyl (C=O) groups excluding carboxylic acids is 3. The fourth-order valence-electron chi connectivity index (χ4n) is 5.15. The molecule has 1 aromatic heterocycles. The molecule has 1 fully saturated rings. The molecule has 2 amide bonds. The molecule has 0 unspecified atom stereocenters. The summed E-state index contributed by atoms with van der Waals surface area (Å²) in [5.41, 5.74) is 2.19. The number of aromatic nitrogens is 3. The Morgan fingerprint density at radius 1 is 0.974 bits per heavy atom. The monoisotopic (exact) mass is 527 g/mol. The van der Waals surface area contributed by atoms with Gasteiger partial charge in [0.1, 0.15) is 23.9 Å². The molecule has 1 N–H and O–H groups in total. The number of Topliss-reactive ketones (excluding diaryl/α,β-unsaturated/α-hetero) is 1. The summed E-state index contributed by atoms with van der Waals surface area (Å²) < 4.78 is 16.7. The Kier molecular flexibility index (Phi) is 7.76. The highest BCUT2D eigenvalue weighted by Gasteiger charge is 2.36. The minimum absolute atomic E-state index is 0.0446. The lowest BCUT2D eigenvalue weighted by Gasteiger charge is -2.33. The van der Waals surface area contributed by atoms with Crippen molar-refractivity contribution in [1.82, 2.24) is 20.3 Å². The average Bonchev–Trinajstić information content (AvgIpc) is 3.35. The van der Waals surface area contributed by atoms with Gasteiger partial charge in [-0.2, -0.15) is 0 Å². The molecule has 4 aromatic rings. The Morgan fingerprint density at radius 3 is 2.38 bits per heavy atom. The van der Waals surface area contributed by atoms with Gasteiger partial charge in [0, 0.05) is 22.9 Å². The number of para-hydroxylation sites is 1. The number of carbonyl (C=O) groups is 3. The maximum atomic E-state index is 15.3. The van der Waals surface area contributed by atoms with Gasteiger partial charge in [0.2, 0.25) is 11.8 Å². The Bertz CT molecular complexity index is 1490. The van der Waals surface area contributed by atoms with Gasteiger partial charge < -0.3 is 5.32 Å². The second-order valence-corrected chi connectivity index (χ2v) is 9.87. The molecule has 0 aliphatic heterocycles. The maximum Gasteiger partial charge on any atom is 0.249 e. The van der Waals surface area contributed by atoms with Gasteiger partial charge in [-0.15, -0.1) is 5.10 Å². The fourth-order valence-corrected chi connectivity index (χ4v) is 5.15. The molecule has 0 radical (unpaired) electrons. The molecule has 9 heteroatoms. The quantitative estimate of drug-likeness (QED) is 0.326. The molecule has 1 aliphatic carbocycles. The van der Waals surface area contributed by atoms with E-state index in [2.05, 4.69) is 15.6 Å². The van der Waals surface area contributed by atoms with Gasteiger partial charge in [-0.1, -0.05) is 54.8 Å². The van der Waals surface area contributed by atoms with Gasteiger partial charge in [0.25, 0.3) is 0 Å². The Hall–Kier alpha value is -4.40. The summed E-state index contributed by atoms with van der Waals surface area (Å²) in [5, 5.41) is 11.3. The molecule has 3 aromatic carbocycles. The Morgan fingerprint density at radius 2 is 1.67 bits per heavy atom. The SMILES string of the molecule is CC(=O)c1ccc(N(C(=O)Cn2nnc3ccccc32)[C@H](C(=O)NC2CCCCC2)c2ccccc2F)cc1. The van der Waals surface area contributed by atoms with Crippen LogP contribution in [0.1, 0.15) is 61.0 Å². The summed E-state index contributed by atoms with van der Waals surface area (Å²) in [4.78, 5) is 41.2. The van der Waals surface area contributed by atoms with E-state index in [1.807, 2.05) is 12.1 Å². The lowest BCUT2D eigenvalue weighted by Crippen LogP contribution is -2.48. The molecular weight excluding hydrogens is 497 g/mol. The van der Waals surface area contributed by atoms with Gasteiger partial charge in [0.15, 0.2) is 5.78 Å². The molecule has 0 saturated heterocycles. The second-order valence-electron chi connectivity index (χ2n) is 9.87. The van der Waals surface area contributed by atoms with Crippen LogP contribution >= 0.6 is 0 Å². The number of fused-ring (bicyclic) bond motifs is 1. The molecule has 1 aliphatic rings. The third kappa shape index (κ3) is 5.72. The second kappa shape index (κ2) is 11.6. The summed E-state index contributed by atoms with van der Waals surface area (Å²) in [6.45, 7) is 1.23. The van der Waals surface area contributed by atoms with E-state index in [0.29, 0.717) is 22.3 Å². The van der Waals surface area contributed by atoms with Crippen LogP contribution in [0.4, 0.5) is 10.1 Å². The zero-order valence-electron chi connectivity index (χ0n) is 21.7. The number of nitrogens with one attached hydrogen (secondary N) is 1. The van der Waals surface area contributed by atoms with Crippen LogP contribution in [0.15, 0.2) is 72.8 Å². The number of ketones is 1. The number of hydrogen-bond acceptors (Lipinski definition) is 5. The van der Waals surface area contributed by atoms with Gasteiger partial charge in [-0.05, 0) is 62.2 Å². The standard InChI is InChI=1S/C30H30FN5O3/c1-20(37)21-15-17-23(18-16-21)36(28(38)19-35-27-14-8-7-13-26(27)33-34-35)29(24-11-5-6-12-25(24)31)30(39)32-22-9-3-2-4-10-22/h5-8,11-18,22,29H,2-4,9-10,19H2,1H3,(H,32,39)/t29-/m0/s1. The van der Waals surface area contributed by atoms with E-state index in [4.69, 9.17) is 0 Å². The maximum absolute atomic E-state index is 15.3. The van der Waals surface area contributed by atoms with Crippen LogP contribution in [0.3, 0.4) is 0 Å². The third-order valence-corrected chi connectivity index (χ3v) is 7.18. The van der Waals surface area contributed by atoms with E-state index in [0.717, 1.165) is 32.1 Å². The number of hydrogen-bond donors (Lipinski definition) is 1. The van der Waals surface area contributed by atoms with Crippen molar-refractivity contribution in [3.63, 3.8) is 0 Å². The molecule has 1 heterocycles. The van der Waals surface area contributed by atoms with Gasteiger partial charge in [-0.25, -0.2) is 9.07 Å². The van der Waals surface area contributed by atoms with Crippen molar-refractivity contribution in [2.75, 3.05) is 4.90 Å². The zero-order valence-corrected chi connectivity index (χ0v) is 21.7. The molecule has 200 valence electrons. The van der Waals surface area contributed by atoms with Crippen LogP contribution < -0.4 is 10.2 Å². The number of nitrogens with zero attached hydrogens (tertiary/aromatic N) is 4. The van der Waals surface area contributed by atoms with Gasteiger partial charge in [-0.3, -0.25) is 19.3 Å². The minimum Gasteiger partial charge on any atom is -0.351 e. The van der Waals surface area contributed by atoms with Crippen LogP contribution in [-0.4, -0.2) is 38.6 Å². The summed E-state index contributed by atoms with van der Waals surface area (Å²) in [6.07, 6.45) is 4.79. The van der Waals surface area contributed by atoms with Crippen LogP contribution in [0.25, 0.3) is 11.0 Å². The summed E-state index contributed by atoms with van der Waals surface area (Å²) in [5.74, 6) is -1.66. The van der Waals surface area contributed by atoms with E-state index >= 15 is 4.39 Å². The first-order chi connectivity index (χ1) is 18.9. The summed E-state index contributed by atoms with van der Waals surface area (Å²) in [7, 11) is 0. The first-order valence-electron chi connectivity index (χ1n) is 13.2. The highest BCUT2D eigenvalue weighted by molar-refractivity contribution is 6.02. The molecule has 1 atom stereocenters. The molecule has 39 heavy (non-hydrogen) atoms. The van der Waals surface area contributed by atoms with E-state index < -0.39 is 23.7 Å². The predicted octanol–water partition coefficient (Wildman–Crippen LogP) is 5.00. The summed E-state index contributed by atoms with van der Waals surface area (Å²) >= 11 is 0. The minimum atomic E-state index is -1.28. The van der Waals surface area contributed by atoms with Crippen molar-refractivity contribution in [3.05, 3.63) is 89.7 Å². The lowest BCUT2D eigenvalue weighted by molar-refractivity contribution is -0.127. The van der Waals surface area contributed by atoms with Crippen LogP contribution in [0.2, 0.25) is 0 Å². The number of rotatable bonds is 8. The lowest BCUT2D eigenvalue weighted by atomic mass is 9.94. The van der Waals surface area contributed by atoms with Crippen molar-refractivity contribution < 1.29 is 18.8 Å². The Balaban J connectivity index is 1.58. The van der Waals surface area contributed by atoms with E-state index in [9.17, 15) is 14.4 Å². The molecule has 8 nitrogen and oxygen atoms in total. The van der Waals surface area contributed by atoms with Crippen LogP contribution in [0, 0.1) is 5.82 Å². The largest absolute Gasteiger partial charge is 0.351 e. The van der Waals surface area contributed by atoms with E-state index in [1.165, 1.54) is 28.6 Å². The molecule has 0 spiro atoms. The summed E-state index contributed by atoms with van der Waals surface area (Å²) in [6, 6.07) is 18.3. The first-order valence-corrected chi connectivity index (χ1v) is 13.2. The number of halogens is 1. The normalized spacial score (nSPS) is 14.6. The van der Waals surface area contributed by atoms with Crippen molar-refractivity contribution in [2.24, 2.45) is 0 Å². The molecule has 0 bridgehead atoms. The fraction of sp³-hybridized carbons (Fsp3) is 0.300. The predicted molar refractivity (Wildman–Crippen MR) is 146 cm³/mol. The average molecular weight is 528 g/mol. The first kappa shape index (κ1) is 26.2. The van der Waals surface area contributed by atoms with E-state index in [1.54, 1.807) is 48.5 Å². The highest BCUT2D eigenvalue weighted by Crippen LogP contribution is 2.31. The topological polar surface area (TPSA) is 97.2 Å². The van der Waals surface area contributed by atoms with Crippen LogP contribution in [-0.2, 0) is 16.1 Å². The van der Waals surface area contributed by atoms with Crippen molar-refractivity contribution in [1.29, 1.82) is 0 Å². The number of benzene rings is 3. The van der Waals surface area contributed by atoms with Crippen molar-refractivity contribution in [2.45, 2.75) is 57.7 Å². The zero-order chi connectivity index (χ0) is 27.4. The number of anilines is 1. The Labute approximate surface area is 225 Å². The van der Waals surface area contributed by atoms with Crippen molar-refractivity contribution in [3.8, 4) is 0 Å². The molecule has 1 saturated carbocycles. The highest BCUT2D eigenvalue weighted by atomic mass is 19.1. The number of amides is 2. The van der Waals surface area contributed by atoms with Gasteiger partial charge >= 0.3 is 0 Å². The van der Waals surface area contributed by atoms with Crippen LogP contribution in [0.5, 0.6) is 0 Å². The smallest absolute Gasteiger partial charge is 0.249 e. The van der Waals surface area contributed by atoms with Crippen molar-refractivity contribution >= 4 is 34.3 Å². The molecular formula is C30H30FN5O3.